The Bertz CT molecular complexity index is 951. The van der Waals surface area contributed by atoms with Crippen molar-refractivity contribution in [3.8, 4) is 11.3 Å². The number of benzene rings is 2. The highest BCUT2D eigenvalue weighted by molar-refractivity contribution is 7.80. The molecule has 0 saturated carbocycles. The minimum Gasteiger partial charge on any atom is -0.368 e. The van der Waals surface area contributed by atoms with Gasteiger partial charge in [0.1, 0.15) is 5.82 Å². The standard InChI is InChI=1S/C20H18ClFN4S2/c21-15-3-1-14(2-4-15)18-13-28-19(23-18)24-20(27)26-11-9-25(10-12-26)17-7-5-16(22)6-8-17/h1-8,13H,9-12H2,(H,23,24,27). The Morgan fingerprint density at radius 3 is 2.39 bits per heavy atom. The molecule has 4 nitrogen and oxygen atoms in total. The molecule has 28 heavy (non-hydrogen) atoms. The van der Waals surface area contributed by atoms with Crippen LogP contribution in [0.25, 0.3) is 11.3 Å². The zero-order chi connectivity index (χ0) is 19.5. The fourth-order valence-electron chi connectivity index (χ4n) is 3.07. The van der Waals surface area contributed by atoms with Gasteiger partial charge in [0.2, 0.25) is 0 Å². The van der Waals surface area contributed by atoms with Crippen LogP contribution >= 0.6 is 35.2 Å². The van der Waals surface area contributed by atoms with Crippen molar-refractivity contribution in [3.63, 3.8) is 0 Å². The number of hydrogen-bond donors (Lipinski definition) is 1. The number of thiocarbonyl (C=S) groups is 1. The van der Waals surface area contributed by atoms with E-state index < -0.39 is 0 Å². The summed E-state index contributed by atoms with van der Waals surface area (Å²) in [6, 6.07) is 14.2. The Kier molecular flexibility index (Phi) is 5.75. The van der Waals surface area contributed by atoms with Crippen LogP contribution in [0.3, 0.4) is 0 Å². The van der Waals surface area contributed by atoms with E-state index in [2.05, 4.69) is 20.1 Å². The Morgan fingerprint density at radius 1 is 1.04 bits per heavy atom. The summed E-state index contributed by atoms with van der Waals surface area (Å²) in [5.41, 5.74) is 2.95. The summed E-state index contributed by atoms with van der Waals surface area (Å²) < 4.78 is 13.1. The molecule has 3 aromatic rings. The van der Waals surface area contributed by atoms with Gasteiger partial charge in [0.15, 0.2) is 10.2 Å². The minimum absolute atomic E-state index is 0.214. The maximum absolute atomic E-state index is 13.1. The first-order chi connectivity index (χ1) is 13.6. The van der Waals surface area contributed by atoms with Crippen LogP contribution in [0.1, 0.15) is 0 Å². The average Bonchev–Trinajstić information content (AvgIpc) is 3.18. The molecule has 2 aromatic carbocycles. The Morgan fingerprint density at radius 2 is 1.71 bits per heavy atom. The highest BCUT2D eigenvalue weighted by Crippen LogP contribution is 2.26. The molecular formula is C20H18ClFN4S2. The molecule has 1 aliphatic rings. The maximum Gasteiger partial charge on any atom is 0.189 e. The smallest absolute Gasteiger partial charge is 0.189 e. The van der Waals surface area contributed by atoms with Gasteiger partial charge >= 0.3 is 0 Å². The Hall–Kier alpha value is -2.22. The Balaban J connectivity index is 1.33. The van der Waals surface area contributed by atoms with E-state index in [-0.39, 0.29) is 5.82 Å². The lowest BCUT2D eigenvalue weighted by molar-refractivity contribution is 0.391. The van der Waals surface area contributed by atoms with Gasteiger partial charge in [-0.15, -0.1) is 11.3 Å². The molecule has 0 radical (unpaired) electrons. The van der Waals surface area contributed by atoms with E-state index in [1.54, 1.807) is 0 Å². The van der Waals surface area contributed by atoms with E-state index in [1.165, 1.54) is 23.5 Å². The fourth-order valence-corrected chi connectivity index (χ4v) is 4.26. The molecular weight excluding hydrogens is 415 g/mol. The lowest BCUT2D eigenvalue weighted by Crippen LogP contribution is -2.50. The predicted octanol–water partition coefficient (Wildman–Crippen LogP) is 5.12. The first kappa shape index (κ1) is 19.1. The van der Waals surface area contributed by atoms with Gasteiger partial charge in [-0.25, -0.2) is 9.37 Å². The molecule has 8 heteroatoms. The molecule has 0 bridgehead atoms. The number of anilines is 2. The molecule has 1 N–H and O–H groups in total. The average molecular weight is 433 g/mol. The van der Waals surface area contributed by atoms with E-state index in [0.717, 1.165) is 48.3 Å². The second kappa shape index (κ2) is 8.43. The van der Waals surface area contributed by atoms with Gasteiger partial charge in [0.25, 0.3) is 0 Å². The molecule has 0 atom stereocenters. The zero-order valence-corrected chi connectivity index (χ0v) is 17.3. The minimum atomic E-state index is -0.214. The molecule has 0 spiro atoms. The van der Waals surface area contributed by atoms with Crippen molar-refractivity contribution in [3.05, 3.63) is 64.8 Å². The van der Waals surface area contributed by atoms with Crippen molar-refractivity contribution in [1.82, 2.24) is 9.88 Å². The third kappa shape index (κ3) is 4.43. The molecule has 1 fully saturated rings. The molecule has 144 valence electrons. The molecule has 0 unspecified atom stereocenters. The lowest BCUT2D eigenvalue weighted by Gasteiger charge is -2.37. The first-order valence-corrected chi connectivity index (χ1v) is 10.5. The van der Waals surface area contributed by atoms with Gasteiger partial charge < -0.3 is 15.1 Å². The molecule has 1 aromatic heterocycles. The number of halogens is 2. The second-order valence-corrected chi connectivity index (χ2v) is 8.11. The largest absolute Gasteiger partial charge is 0.368 e. The third-order valence-electron chi connectivity index (χ3n) is 4.62. The van der Waals surface area contributed by atoms with Crippen LogP contribution in [0.4, 0.5) is 15.2 Å². The molecule has 0 amide bonds. The summed E-state index contributed by atoms with van der Waals surface area (Å²) in [7, 11) is 0. The van der Waals surface area contributed by atoms with Crippen molar-refractivity contribution >= 4 is 51.1 Å². The van der Waals surface area contributed by atoms with Gasteiger partial charge in [0.05, 0.1) is 5.69 Å². The van der Waals surface area contributed by atoms with Gasteiger partial charge in [-0.1, -0.05) is 23.7 Å². The van der Waals surface area contributed by atoms with Gasteiger partial charge in [0, 0.05) is 47.8 Å². The fraction of sp³-hybridized carbons (Fsp3) is 0.200. The van der Waals surface area contributed by atoms with Crippen LogP contribution in [-0.2, 0) is 0 Å². The molecule has 2 heterocycles. The zero-order valence-electron chi connectivity index (χ0n) is 14.9. The molecule has 1 aliphatic heterocycles. The number of rotatable bonds is 3. The van der Waals surface area contributed by atoms with Crippen LogP contribution in [0, 0.1) is 5.82 Å². The summed E-state index contributed by atoms with van der Waals surface area (Å²) in [6.07, 6.45) is 0. The monoisotopic (exact) mass is 432 g/mol. The molecule has 0 aliphatic carbocycles. The van der Waals surface area contributed by atoms with E-state index in [9.17, 15) is 4.39 Å². The number of hydrogen-bond acceptors (Lipinski definition) is 4. The van der Waals surface area contributed by atoms with Crippen LogP contribution < -0.4 is 10.2 Å². The highest BCUT2D eigenvalue weighted by atomic mass is 35.5. The summed E-state index contributed by atoms with van der Waals surface area (Å²) in [5, 5.41) is 7.40. The normalized spacial score (nSPS) is 14.2. The molecule has 1 saturated heterocycles. The van der Waals surface area contributed by atoms with Crippen molar-refractivity contribution < 1.29 is 4.39 Å². The third-order valence-corrected chi connectivity index (χ3v) is 5.99. The van der Waals surface area contributed by atoms with Crippen LogP contribution in [-0.4, -0.2) is 41.2 Å². The van der Waals surface area contributed by atoms with Crippen molar-refractivity contribution in [1.29, 1.82) is 0 Å². The number of thiazole rings is 1. The van der Waals surface area contributed by atoms with Crippen LogP contribution in [0.2, 0.25) is 5.02 Å². The maximum atomic E-state index is 13.1. The number of nitrogens with zero attached hydrogens (tertiary/aromatic N) is 3. The van der Waals surface area contributed by atoms with Gasteiger partial charge in [-0.2, -0.15) is 0 Å². The summed E-state index contributed by atoms with van der Waals surface area (Å²) >= 11 is 13.0. The summed E-state index contributed by atoms with van der Waals surface area (Å²) in [5.74, 6) is -0.214. The second-order valence-electron chi connectivity index (χ2n) is 6.43. The van der Waals surface area contributed by atoms with E-state index >= 15 is 0 Å². The Labute approximate surface area is 177 Å². The van der Waals surface area contributed by atoms with Gasteiger partial charge in [-0.05, 0) is 48.6 Å². The van der Waals surface area contributed by atoms with E-state index in [0.29, 0.717) is 10.1 Å². The summed E-state index contributed by atoms with van der Waals surface area (Å²) in [4.78, 5) is 8.99. The SMILES string of the molecule is Fc1ccc(N2CCN(C(=S)Nc3nc(-c4ccc(Cl)cc4)cs3)CC2)cc1. The van der Waals surface area contributed by atoms with Crippen LogP contribution in [0.5, 0.6) is 0 Å². The quantitative estimate of drug-likeness (QED) is 0.580. The number of nitrogens with one attached hydrogen (secondary N) is 1. The van der Waals surface area contributed by atoms with E-state index in [4.69, 9.17) is 23.8 Å². The first-order valence-electron chi connectivity index (χ1n) is 8.86. The van der Waals surface area contributed by atoms with Crippen molar-refractivity contribution in [2.24, 2.45) is 0 Å². The predicted molar refractivity (Wildman–Crippen MR) is 119 cm³/mol. The molecule has 4 rings (SSSR count). The van der Waals surface area contributed by atoms with Crippen molar-refractivity contribution in [2.45, 2.75) is 0 Å². The van der Waals surface area contributed by atoms with Gasteiger partial charge in [-0.3, -0.25) is 0 Å². The number of piperazine rings is 1. The number of aromatic nitrogens is 1. The lowest BCUT2D eigenvalue weighted by atomic mass is 10.2. The van der Waals surface area contributed by atoms with Crippen LogP contribution in [0.15, 0.2) is 53.9 Å². The topological polar surface area (TPSA) is 31.4 Å². The summed E-state index contributed by atoms with van der Waals surface area (Å²) in [6.45, 7) is 3.28. The highest BCUT2D eigenvalue weighted by Gasteiger charge is 2.20. The van der Waals surface area contributed by atoms with E-state index in [1.807, 2.05) is 41.8 Å². The van der Waals surface area contributed by atoms with Crippen molar-refractivity contribution in [2.75, 3.05) is 36.4 Å².